The van der Waals surface area contributed by atoms with Gasteiger partial charge in [0.05, 0.1) is 19.5 Å². The summed E-state index contributed by atoms with van der Waals surface area (Å²) in [5, 5.41) is 10.7. The summed E-state index contributed by atoms with van der Waals surface area (Å²) in [4.78, 5) is 11.8. The number of nitrogens with zero attached hydrogens (tertiary/aromatic N) is 3. The van der Waals surface area contributed by atoms with Gasteiger partial charge in [0.15, 0.2) is 10.9 Å². The van der Waals surface area contributed by atoms with Crippen LogP contribution in [-0.2, 0) is 4.74 Å². The van der Waals surface area contributed by atoms with E-state index in [4.69, 9.17) is 12.2 Å². The molecule has 1 aromatic carbocycles. The average molecular weight is 353 g/mol. The number of aromatic nitrogens is 2. The zero-order chi connectivity index (χ0) is 17.7. The molecule has 126 valence electrons. The number of nitrogens with one attached hydrogen (secondary N) is 2. The Hall–Kier alpha value is -2.88. The van der Waals surface area contributed by atoms with E-state index in [1.54, 1.807) is 7.05 Å². The van der Waals surface area contributed by atoms with Crippen molar-refractivity contribution in [2.75, 3.05) is 14.2 Å². The molecule has 0 spiro atoms. The zero-order valence-corrected chi connectivity index (χ0v) is 13.5. The van der Waals surface area contributed by atoms with Crippen molar-refractivity contribution < 1.29 is 18.3 Å². The molecule has 0 aliphatic rings. The first-order valence-corrected chi connectivity index (χ1v) is 7.01. The van der Waals surface area contributed by atoms with E-state index in [0.29, 0.717) is 6.07 Å². The SMILES string of the molecule is CNC(=S)N/N=C\c1c(C(=O)OC)cnn1-c1ccc(F)cc1F. The average Bonchev–Trinajstić information content (AvgIpc) is 2.97. The highest BCUT2D eigenvalue weighted by Crippen LogP contribution is 2.18. The standard InChI is InChI=1S/C14H13F2N5O2S/c1-17-14(24)20-18-7-12-9(13(22)23-2)6-19-21(12)11-4-3-8(15)5-10(11)16/h3-7H,1-2H3,(H2,17,20,24)/b18-7-. The lowest BCUT2D eigenvalue weighted by molar-refractivity contribution is 0.0600. The first kappa shape index (κ1) is 17.5. The summed E-state index contributed by atoms with van der Waals surface area (Å²) < 4.78 is 32.9. The third kappa shape index (κ3) is 3.71. The molecule has 0 amide bonds. The highest BCUT2D eigenvalue weighted by atomic mass is 32.1. The smallest absolute Gasteiger partial charge is 0.341 e. The molecule has 1 heterocycles. The van der Waals surface area contributed by atoms with Gasteiger partial charge in [-0.15, -0.1) is 0 Å². The van der Waals surface area contributed by atoms with E-state index < -0.39 is 17.6 Å². The molecule has 0 unspecified atom stereocenters. The summed E-state index contributed by atoms with van der Waals surface area (Å²) in [6.07, 6.45) is 2.43. The summed E-state index contributed by atoms with van der Waals surface area (Å²) in [5.41, 5.74) is 2.64. The first-order chi connectivity index (χ1) is 11.5. The molecule has 0 radical (unpaired) electrons. The molecule has 2 aromatic rings. The maximum absolute atomic E-state index is 14.0. The van der Waals surface area contributed by atoms with Gasteiger partial charge in [0, 0.05) is 13.1 Å². The van der Waals surface area contributed by atoms with Crippen molar-refractivity contribution in [1.82, 2.24) is 20.5 Å². The molecule has 0 aliphatic heterocycles. The summed E-state index contributed by atoms with van der Waals surface area (Å²) >= 11 is 4.87. The molecule has 2 rings (SSSR count). The van der Waals surface area contributed by atoms with Crippen LogP contribution in [-0.4, -0.2) is 41.2 Å². The number of thiocarbonyl (C=S) groups is 1. The van der Waals surface area contributed by atoms with Gasteiger partial charge in [-0.25, -0.2) is 18.3 Å². The maximum Gasteiger partial charge on any atom is 0.341 e. The van der Waals surface area contributed by atoms with Crippen LogP contribution in [0.15, 0.2) is 29.5 Å². The van der Waals surface area contributed by atoms with Crippen molar-refractivity contribution in [2.45, 2.75) is 0 Å². The van der Waals surface area contributed by atoms with E-state index >= 15 is 0 Å². The minimum atomic E-state index is -0.845. The molecule has 1 aromatic heterocycles. The Morgan fingerprint density at radius 1 is 1.46 bits per heavy atom. The van der Waals surface area contributed by atoms with Crippen molar-refractivity contribution in [3.63, 3.8) is 0 Å². The number of ether oxygens (including phenoxy) is 1. The summed E-state index contributed by atoms with van der Waals surface area (Å²) in [5.74, 6) is -2.25. The summed E-state index contributed by atoms with van der Waals surface area (Å²) in [7, 11) is 2.80. The van der Waals surface area contributed by atoms with Gasteiger partial charge in [-0.3, -0.25) is 5.43 Å². The molecular weight excluding hydrogens is 340 g/mol. The second-order valence-corrected chi connectivity index (χ2v) is 4.80. The number of halogens is 2. The number of methoxy groups -OCH3 is 1. The van der Waals surface area contributed by atoms with E-state index in [9.17, 15) is 13.6 Å². The van der Waals surface area contributed by atoms with E-state index in [2.05, 4.69) is 25.7 Å². The normalized spacial score (nSPS) is 10.7. The quantitative estimate of drug-likeness (QED) is 0.374. The van der Waals surface area contributed by atoms with Crippen LogP contribution in [0.25, 0.3) is 5.69 Å². The molecule has 0 bridgehead atoms. The second kappa shape index (κ2) is 7.59. The fourth-order valence-corrected chi connectivity index (χ4v) is 1.86. The minimum Gasteiger partial charge on any atom is -0.465 e. The number of hydrazone groups is 1. The number of rotatable bonds is 4. The molecule has 0 saturated carbocycles. The predicted octanol–water partition coefficient (Wildman–Crippen LogP) is 1.36. The topological polar surface area (TPSA) is 80.5 Å². The molecule has 24 heavy (non-hydrogen) atoms. The van der Waals surface area contributed by atoms with Gasteiger partial charge in [0.1, 0.15) is 22.8 Å². The van der Waals surface area contributed by atoms with Crippen LogP contribution < -0.4 is 10.7 Å². The van der Waals surface area contributed by atoms with Crippen molar-refractivity contribution in [3.8, 4) is 5.69 Å². The molecule has 2 N–H and O–H groups in total. The molecule has 10 heteroatoms. The van der Waals surface area contributed by atoms with Crippen molar-refractivity contribution in [3.05, 3.63) is 47.3 Å². The van der Waals surface area contributed by atoms with Gasteiger partial charge in [0.25, 0.3) is 0 Å². The lowest BCUT2D eigenvalue weighted by Gasteiger charge is -2.07. The van der Waals surface area contributed by atoms with Gasteiger partial charge < -0.3 is 10.1 Å². The fraction of sp³-hybridized carbons (Fsp3) is 0.143. The zero-order valence-electron chi connectivity index (χ0n) is 12.7. The third-order valence-corrected chi connectivity index (χ3v) is 3.23. The van der Waals surface area contributed by atoms with E-state index in [0.717, 1.165) is 10.7 Å². The lowest BCUT2D eigenvalue weighted by atomic mass is 10.2. The Bertz CT molecular complexity index is 806. The monoisotopic (exact) mass is 353 g/mol. The Balaban J connectivity index is 2.50. The van der Waals surface area contributed by atoms with Crippen LogP contribution >= 0.6 is 12.2 Å². The summed E-state index contributed by atoms with van der Waals surface area (Å²) in [6, 6.07) is 2.99. The number of carbonyl (C=O) groups is 1. The highest BCUT2D eigenvalue weighted by molar-refractivity contribution is 7.80. The molecule has 0 fully saturated rings. The molecule has 7 nitrogen and oxygen atoms in total. The Labute approximate surface area is 141 Å². The summed E-state index contributed by atoms with van der Waals surface area (Å²) in [6.45, 7) is 0. The maximum atomic E-state index is 14.0. The number of hydrogen-bond acceptors (Lipinski definition) is 5. The lowest BCUT2D eigenvalue weighted by Crippen LogP contribution is -2.28. The predicted molar refractivity (Wildman–Crippen MR) is 87.2 cm³/mol. The van der Waals surface area contributed by atoms with E-state index in [1.165, 1.54) is 25.6 Å². The minimum absolute atomic E-state index is 0.0517. The van der Waals surface area contributed by atoms with Gasteiger partial charge in [0.2, 0.25) is 0 Å². The van der Waals surface area contributed by atoms with E-state index in [1.807, 2.05) is 0 Å². The van der Waals surface area contributed by atoms with Gasteiger partial charge in [-0.2, -0.15) is 10.2 Å². The van der Waals surface area contributed by atoms with Crippen LogP contribution in [0.2, 0.25) is 0 Å². The number of benzene rings is 1. The number of hydrogen-bond donors (Lipinski definition) is 2. The first-order valence-electron chi connectivity index (χ1n) is 6.60. The second-order valence-electron chi connectivity index (χ2n) is 4.39. The largest absolute Gasteiger partial charge is 0.465 e. The van der Waals surface area contributed by atoms with Gasteiger partial charge >= 0.3 is 5.97 Å². The Morgan fingerprint density at radius 3 is 2.83 bits per heavy atom. The Kier molecular flexibility index (Phi) is 5.53. The molecule has 0 atom stereocenters. The van der Waals surface area contributed by atoms with Crippen LogP contribution in [0.4, 0.5) is 8.78 Å². The molecule has 0 saturated heterocycles. The molecular formula is C14H13F2N5O2S. The van der Waals surface area contributed by atoms with Crippen LogP contribution in [0.5, 0.6) is 0 Å². The van der Waals surface area contributed by atoms with Crippen molar-refractivity contribution in [1.29, 1.82) is 0 Å². The van der Waals surface area contributed by atoms with Gasteiger partial charge in [-0.1, -0.05) is 0 Å². The fourth-order valence-electron chi connectivity index (χ4n) is 1.80. The molecule has 0 aliphatic carbocycles. The van der Waals surface area contributed by atoms with Crippen molar-refractivity contribution in [2.24, 2.45) is 5.10 Å². The van der Waals surface area contributed by atoms with Crippen LogP contribution in [0.3, 0.4) is 0 Å². The van der Waals surface area contributed by atoms with Crippen LogP contribution in [0, 0.1) is 11.6 Å². The van der Waals surface area contributed by atoms with Crippen molar-refractivity contribution >= 4 is 29.5 Å². The van der Waals surface area contributed by atoms with Crippen LogP contribution in [0.1, 0.15) is 16.1 Å². The van der Waals surface area contributed by atoms with Gasteiger partial charge in [-0.05, 0) is 24.4 Å². The number of esters is 1. The Morgan fingerprint density at radius 2 is 2.21 bits per heavy atom. The third-order valence-electron chi connectivity index (χ3n) is 2.93. The highest BCUT2D eigenvalue weighted by Gasteiger charge is 2.19. The van der Waals surface area contributed by atoms with E-state index in [-0.39, 0.29) is 22.1 Å². The number of carbonyl (C=O) groups excluding carboxylic acids is 1.